The summed E-state index contributed by atoms with van der Waals surface area (Å²) in [7, 11) is -1.57. The van der Waals surface area contributed by atoms with Crippen molar-refractivity contribution in [3.8, 4) is 11.8 Å². The fraction of sp³-hybridized carbons (Fsp3) is 0.0303. The Morgan fingerprint density at radius 3 is 0.829 bits per heavy atom. The molecule has 0 heterocycles. The molecule has 0 amide bonds. The van der Waals surface area contributed by atoms with Gasteiger partial charge < -0.3 is 12.8 Å². The normalized spacial score (nSPS) is 10.7. The van der Waals surface area contributed by atoms with Crippen molar-refractivity contribution >= 4 is 102 Å². The minimum absolute atomic E-state index is 0. The first-order chi connectivity index (χ1) is 33.6. The van der Waals surface area contributed by atoms with Crippen LogP contribution in [-0.4, -0.2) is 12.3 Å². The van der Waals surface area contributed by atoms with Gasteiger partial charge in [0, 0.05) is 0 Å². The van der Waals surface area contributed by atoms with Gasteiger partial charge in [0.1, 0.15) is 12.3 Å². The predicted octanol–water partition coefficient (Wildman–Crippen LogP) is 14.9. The molecule has 0 saturated carbocycles. The summed E-state index contributed by atoms with van der Waals surface area (Å²) in [5.74, 6) is 4.94. The molecule has 12 aromatic rings. The van der Waals surface area contributed by atoms with Gasteiger partial charge >= 0.3 is 44.8 Å². The second-order valence-corrected chi connectivity index (χ2v) is 22.2. The van der Waals surface area contributed by atoms with Crippen molar-refractivity contribution < 1.29 is 44.8 Å². The van der Waals surface area contributed by atoms with Crippen LogP contribution in [0.25, 0.3) is 64.6 Å². The molecule has 0 aliphatic rings. The zero-order valence-corrected chi connectivity index (χ0v) is 44.6. The molecular weight excluding hydrogens is 1250 g/mol. The molecular formula is C66H48Au2P2+2. The van der Waals surface area contributed by atoms with Crippen molar-refractivity contribution in [2.24, 2.45) is 0 Å². The van der Waals surface area contributed by atoms with Crippen LogP contribution in [0.15, 0.2) is 255 Å². The maximum absolute atomic E-state index is 7.31. The average Bonchev–Trinajstić information content (AvgIpc) is 3.42. The van der Waals surface area contributed by atoms with Crippen molar-refractivity contribution in [1.29, 1.82) is 0 Å². The van der Waals surface area contributed by atoms with Crippen LogP contribution in [0, 0.1) is 24.7 Å². The molecule has 12 rings (SSSR count). The third-order valence-electron chi connectivity index (χ3n) is 12.9. The molecule has 4 heteroatoms. The number of hydrogen-bond acceptors (Lipinski definition) is 0. The molecule has 70 heavy (non-hydrogen) atoms. The third-order valence-corrected chi connectivity index (χ3v) is 19.0. The van der Waals surface area contributed by atoms with Crippen molar-refractivity contribution in [3.63, 3.8) is 0 Å². The maximum Gasteiger partial charge on any atom is 1.00 e. The van der Waals surface area contributed by atoms with E-state index >= 15 is 0 Å². The summed E-state index contributed by atoms with van der Waals surface area (Å²) in [5, 5.41) is 20.9. The van der Waals surface area contributed by atoms with Crippen molar-refractivity contribution in [2.75, 3.05) is 12.3 Å². The molecule has 0 atom stereocenters. The van der Waals surface area contributed by atoms with Crippen molar-refractivity contribution in [3.05, 3.63) is 279 Å². The van der Waals surface area contributed by atoms with Crippen LogP contribution in [0.2, 0.25) is 0 Å². The fourth-order valence-electron chi connectivity index (χ4n) is 9.51. The van der Waals surface area contributed by atoms with E-state index in [9.17, 15) is 0 Å². The van der Waals surface area contributed by atoms with Crippen LogP contribution in [0.3, 0.4) is 0 Å². The van der Waals surface area contributed by atoms with Gasteiger partial charge in [0.05, 0.1) is 37.1 Å². The molecule has 0 fully saturated rings. The quantitative estimate of drug-likeness (QED) is 0.0490. The summed E-state index contributed by atoms with van der Waals surface area (Å²) < 4.78 is 0. The van der Waals surface area contributed by atoms with Gasteiger partial charge in [-0.3, -0.25) is 11.8 Å². The first-order valence-electron chi connectivity index (χ1n) is 23.1. The second kappa shape index (κ2) is 24.0. The predicted molar refractivity (Wildman–Crippen MR) is 301 cm³/mol. The zero-order valence-electron chi connectivity index (χ0n) is 38.3. The monoisotopic (exact) mass is 1300 g/mol. The van der Waals surface area contributed by atoms with E-state index in [-0.39, 0.29) is 44.8 Å². The maximum atomic E-state index is 7.31. The van der Waals surface area contributed by atoms with Crippen LogP contribution in [0.1, 0.15) is 11.1 Å². The number of rotatable bonds is 7. The molecule has 0 spiro atoms. The van der Waals surface area contributed by atoms with E-state index in [1.807, 2.05) is 24.3 Å². The van der Waals surface area contributed by atoms with Gasteiger partial charge in [-0.2, -0.15) is 0 Å². The van der Waals surface area contributed by atoms with Gasteiger partial charge in [-0.25, -0.2) is 0 Å². The number of benzene rings is 12. The van der Waals surface area contributed by atoms with Gasteiger partial charge in [0.25, 0.3) is 0 Å². The molecule has 0 aliphatic carbocycles. The molecule has 0 saturated heterocycles. The van der Waals surface area contributed by atoms with Crippen molar-refractivity contribution in [1.82, 2.24) is 0 Å². The minimum Gasteiger partial charge on any atom is -0.366 e. The summed E-state index contributed by atoms with van der Waals surface area (Å²) in [5.41, 5.74) is 1.64. The fourth-order valence-corrected chi connectivity index (χ4v) is 15.7. The summed E-state index contributed by atoms with van der Waals surface area (Å²) in [6.07, 6.45) is 17.1. The van der Waals surface area contributed by atoms with Crippen LogP contribution in [0.4, 0.5) is 0 Å². The van der Waals surface area contributed by atoms with Gasteiger partial charge in [-0.05, 0) is 113 Å². The van der Waals surface area contributed by atoms with E-state index in [4.69, 9.17) is 12.8 Å². The Kier molecular flexibility index (Phi) is 17.2. The van der Waals surface area contributed by atoms with Gasteiger partial charge in [-0.15, -0.1) is 35.4 Å². The summed E-state index contributed by atoms with van der Waals surface area (Å²) in [6, 6.07) is 90.8. The van der Waals surface area contributed by atoms with Gasteiger partial charge in [0.2, 0.25) is 0 Å². The Bertz CT molecular complexity index is 3440. The molecule has 0 aliphatic heterocycles. The van der Waals surface area contributed by atoms with Gasteiger partial charge in [-0.1, -0.05) is 182 Å². The smallest absolute Gasteiger partial charge is 0.366 e. The molecule has 0 nitrogen and oxygen atoms in total. The number of fused-ring (bicyclic) bond motifs is 10. The average molecular weight is 1300 g/mol. The Hall–Kier alpha value is -6.34. The second-order valence-electron chi connectivity index (χ2n) is 16.9. The largest absolute Gasteiger partial charge is 1.00 e. The van der Waals surface area contributed by atoms with E-state index in [1.54, 1.807) is 0 Å². The molecule has 0 radical (unpaired) electrons. The Balaban J connectivity index is 0.000000142. The minimum atomic E-state index is -0.783. The molecule has 0 N–H and O–H groups in total. The molecule has 12 aromatic carbocycles. The molecule has 0 aromatic heterocycles. The van der Waals surface area contributed by atoms with E-state index in [0.717, 1.165) is 11.1 Å². The first kappa shape index (κ1) is 50.1. The molecule has 0 bridgehead atoms. The Morgan fingerprint density at radius 1 is 0.257 bits per heavy atom. The summed E-state index contributed by atoms with van der Waals surface area (Å²) >= 11 is 0. The topological polar surface area (TPSA) is 0 Å². The van der Waals surface area contributed by atoms with Crippen LogP contribution < -0.4 is 21.2 Å². The van der Waals surface area contributed by atoms with E-state index in [0.29, 0.717) is 0 Å². The van der Waals surface area contributed by atoms with Crippen LogP contribution in [-0.2, 0) is 44.8 Å². The van der Waals surface area contributed by atoms with E-state index in [2.05, 4.69) is 242 Å². The molecule has 0 unspecified atom stereocenters. The van der Waals surface area contributed by atoms with E-state index < -0.39 is 15.8 Å². The SMILES string of the molecule is [Au+].[Au+].[C-]#Cc1ccc2ccc3c4ccccc4ccc3c2c1.[C-]#Cc1ccc2ccc3c4ccccc4ccc3c2c1.c1ccc([PH+](CC[PH+](c2ccccc2)c2ccccc2)c2ccccc2)cc1. The Morgan fingerprint density at radius 2 is 0.514 bits per heavy atom. The van der Waals surface area contributed by atoms with Crippen molar-refractivity contribution in [2.45, 2.75) is 0 Å². The van der Waals surface area contributed by atoms with Crippen LogP contribution in [0.5, 0.6) is 0 Å². The Labute approximate surface area is 445 Å². The molecule has 342 valence electrons. The summed E-state index contributed by atoms with van der Waals surface area (Å²) in [4.78, 5) is 0. The zero-order chi connectivity index (χ0) is 46.1. The van der Waals surface area contributed by atoms with Gasteiger partial charge in [0.15, 0.2) is 0 Å². The first-order valence-corrected chi connectivity index (χ1v) is 26.5. The number of hydrogen-bond donors (Lipinski definition) is 0. The standard InChI is InChI=1S/C26H24P2.2C20H11.2Au/c1-5-13-23(14-6-1)27(24-15-7-2-8-16-24)21-22-28(25-17-9-3-10-18-25)26-19-11-4-12-20-26;2*1-2-14-7-8-16-10-11-18-17-6-4-3-5-15(17)9-12-19(18)20(16)13-14;;/h1-20H,21-22H2;2*3-13H;;/q;2*-1;2*+1/p+2. The third kappa shape index (κ3) is 11.1. The van der Waals surface area contributed by atoms with E-state index in [1.165, 1.54) is 98.2 Å². The summed E-state index contributed by atoms with van der Waals surface area (Å²) in [6.45, 7) is 0. The van der Waals surface area contributed by atoms with Crippen LogP contribution >= 0.6 is 15.8 Å².